The van der Waals surface area contributed by atoms with Crippen molar-refractivity contribution in [3.05, 3.63) is 57.2 Å². The third-order valence-electron chi connectivity index (χ3n) is 5.33. The van der Waals surface area contributed by atoms with Crippen molar-refractivity contribution >= 4 is 40.1 Å². The van der Waals surface area contributed by atoms with E-state index in [9.17, 15) is 19.5 Å². The largest absolute Gasteiger partial charge is 0.504 e. The highest BCUT2D eigenvalue weighted by Gasteiger charge is 2.32. The van der Waals surface area contributed by atoms with Gasteiger partial charge in [-0.2, -0.15) is 5.10 Å². The Bertz CT molecular complexity index is 1290. The van der Waals surface area contributed by atoms with Crippen molar-refractivity contribution in [2.45, 2.75) is 19.9 Å². The topological polar surface area (TPSA) is 157 Å². The van der Waals surface area contributed by atoms with E-state index < -0.39 is 30.6 Å². The Balaban J connectivity index is 1.70. The summed E-state index contributed by atoms with van der Waals surface area (Å²) in [6, 6.07) is 6.74. The molecule has 0 unspecified atom stereocenters. The monoisotopic (exact) mass is 590 g/mol. The number of hydrogen-bond donors (Lipinski definition) is 4. The number of rotatable bonds is 10. The van der Waals surface area contributed by atoms with E-state index in [-0.39, 0.29) is 35.2 Å². The van der Waals surface area contributed by atoms with Crippen LogP contribution in [0.4, 0.5) is 4.79 Å². The molecule has 0 fully saturated rings. The molecule has 0 radical (unpaired) electrons. The molecule has 1 atom stereocenters. The lowest BCUT2D eigenvalue weighted by Gasteiger charge is -2.28. The number of methoxy groups -OCH3 is 2. The second-order valence-corrected chi connectivity index (χ2v) is 8.74. The number of carbonyl (C=O) groups is 3. The number of nitrogens with zero attached hydrogens (tertiary/aromatic N) is 1. The van der Waals surface area contributed by atoms with Gasteiger partial charge < -0.3 is 34.7 Å². The van der Waals surface area contributed by atoms with E-state index in [0.717, 1.165) is 0 Å². The third-order valence-corrected chi connectivity index (χ3v) is 5.78. The predicted molar refractivity (Wildman–Crippen MR) is 140 cm³/mol. The van der Waals surface area contributed by atoms with Gasteiger partial charge in [-0.05, 0) is 43.7 Å². The molecule has 3 rings (SSSR count). The summed E-state index contributed by atoms with van der Waals surface area (Å²) in [5, 5.41) is 19.3. The van der Waals surface area contributed by atoms with Crippen LogP contribution in [0.25, 0.3) is 0 Å². The second-order valence-electron chi connectivity index (χ2n) is 7.83. The van der Waals surface area contributed by atoms with Crippen molar-refractivity contribution in [1.29, 1.82) is 0 Å². The number of urea groups is 1. The second kappa shape index (κ2) is 12.8. The zero-order valence-corrected chi connectivity index (χ0v) is 22.7. The summed E-state index contributed by atoms with van der Waals surface area (Å²) in [6.45, 7) is 3.09. The summed E-state index contributed by atoms with van der Waals surface area (Å²) in [5.74, 6) is -0.482. The maximum absolute atomic E-state index is 12.5. The molecule has 1 aliphatic rings. The number of ether oxygens (including phenoxy) is 4. The number of esters is 1. The molecule has 0 aliphatic carbocycles. The van der Waals surface area contributed by atoms with Gasteiger partial charge in [-0.1, -0.05) is 22.0 Å². The van der Waals surface area contributed by atoms with Crippen molar-refractivity contribution in [3.8, 4) is 23.0 Å². The molecule has 2 aromatic carbocycles. The molecular formula is C25H27BrN4O8. The molecule has 38 heavy (non-hydrogen) atoms. The highest BCUT2D eigenvalue weighted by atomic mass is 79.9. The summed E-state index contributed by atoms with van der Waals surface area (Å²) < 4.78 is 21.9. The van der Waals surface area contributed by atoms with E-state index >= 15 is 0 Å². The third kappa shape index (κ3) is 6.73. The van der Waals surface area contributed by atoms with Crippen LogP contribution in [0.5, 0.6) is 23.0 Å². The Morgan fingerprint density at radius 3 is 2.58 bits per heavy atom. The minimum atomic E-state index is -0.781. The van der Waals surface area contributed by atoms with Crippen molar-refractivity contribution in [3.63, 3.8) is 0 Å². The lowest BCUT2D eigenvalue weighted by molar-refractivity contribution is -0.139. The van der Waals surface area contributed by atoms with Crippen LogP contribution in [0, 0.1) is 0 Å². The standard InChI is InChI=1S/C25H27BrN4O8/c1-5-37-24(33)21-13(2)28-25(34)29-22(21)14-6-7-17(18(9-14)35-3)38-12-20(31)30-27-11-15-8-16(26)10-19(36-4)23(15)32/h6-11,22,32H,5,12H2,1-4H3,(H,30,31)(H2,28,29,34)/b27-11-/t22-/m0/s1. The fraction of sp³-hybridized carbons (Fsp3) is 0.280. The van der Waals surface area contributed by atoms with Gasteiger partial charge >= 0.3 is 12.0 Å². The van der Waals surface area contributed by atoms with Gasteiger partial charge in [-0.3, -0.25) is 4.79 Å². The zero-order chi connectivity index (χ0) is 27.8. The number of hydrogen-bond acceptors (Lipinski definition) is 9. The summed E-state index contributed by atoms with van der Waals surface area (Å²) >= 11 is 3.31. The number of hydrazone groups is 1. The molecule has 12 nitrogen and oxygen atoms in total. The summed E-state index contributed by atoms with van der Waals surface area (Å²) in [5.41, 5.74) is 3.82. The van der Waals surface area contributed by atoms with E-state index in [1.165, 1.54) is 20.4 Å². The minimum absolute atomic E-state index is 0.129. The molecule has 4 N–H and O–H groups in total. The molecule has 1 aliphatic heterocycles. The summed E-state index contributed by atoms with van der Waals surface area (Å²) in [6.07, 6.45) is 1.26. The van der Waals surface area contributed by atoms with Crippen molar-refractivity contribution in [2.75, 3.05) is 27.4 Å². The highest BCUT2D eigenvalue weighted by Crippen LogP contribution is 2.35. The van der Waals surface area contributed by atoms with Gasteiger partial charge in [-0.15, -0.1) is 0 Å². The minimum Gasteiger partial charge on any atom is -0.504 e. The first-order chi connectivity index (χ1) is 18.2. The van der Waals surface area contributed by atoms with E-state index in [2.05, 4.69) is 37.1 Å². The SMILES string of the molecule is CCOC(=O)C1=C(C)NC(=O)N[C@H]1c1ccc(OCC(=O)N/N=C\c2cc(Br)cc(OC)c2O)c(OC)c1. The van der Waals surface area contributed by atoms with Crippen molar-refractivity contribution < 1.29 is 38.4 Å². The van der Waals surface area contributed by atoms with E-state index in [0.29, 0.717) is 21.3 Å². The van der Waals surface area contributed by atoms with Crippen LogP contribution in [0.15, 0.2) is 51.2 Å². The van der Waals surface area contributed by atoms with E-state index in [1.54, 1.807) is 44.2 Å². The van der Waals surface area contributed by atoms with Crippen LogP contribution in [0.2, 0.25) is 0 Å². The molecule has 2 aromatic rings. The van der Waals surface area contributed by atoms with Gasteiger partial charge in [0.05, 0.1) is 38.7 Å². The molecule has 0 bridgehead atoms. The lowest BCUT2D eigenvalue weighted by atomic mass is 9.95. The number of aromatic hydroxyl groups is 1. The van der Waals surface area contributed by atoms with Crippen LogP contribution in [0.3, 0.4) is 0 Å². The molecule has 0 spiro atoms. The van der Waals surface area contributed by atoms with Crippen LogP contribution in [0.1, 0.15) is 31.0 Å². The first kappa shape index (κ1) is 28.3. The Labute approximate surface area is 227 Å². The highest BCUT2D eigenvalue weighted by molar-refractivity contribution is 9.10. The van der Waals surface area contributed by atoms with Gasteiger partial charge in [0.15, 0.2) is 29.6 Å². The lowest BCUT2D eigenvalue weighted by Crippen LogP contribution is -2.45. The zero-order valence-electron chi connectivity index (χ0n) is 21.1. The Kier molecular flexibility index (Phi) is 9.55. The van der Waals surface area contributed by atoms with Crippen LogP contribution in [-0.2, 0) is 14.3 Å². The predicted octanol–water partition coefficient (Wildman–Crippen LogP) is 2.89. The molecule has 0 aromatic heterocycles. The Hall–Kier alpha value is -4.26. The molecular weight excluding hydrogens is 564 g/mol. The number of halogens is 1. The molecule has 0 saturated carbocycles. The average molecular weight is 591 g/mol. The van der Waals surface area contributed by atoms with Gasteiger partial charge in [-0.25, -0.2) is 15.0 Å². The summed E-state index contributed by atoms with van der Waals surface area (Å²) in [7, 11) is 2.84. The van der Waals surface area contributed by atoms with Gasteiger partial charge in [0.2, 0.25) is 0 Å². The van der Waals surface area contributed by atoms with Crippen molar-refractivity contribution in [2.24, 2.45) is 5.10 Å². The quantitative estimate of drug-likeness (QED) is 0.187. The van der Waals surface area contributed by atoms with E-state index in [4.69, 9.17) is 18.9 Å². The molecule has 13 heteroatoms. The molecule has 3 amide bonds. The fourth-order valence-electron chi connectivity index (χ4n) is 3.60. The maximum atomic E-state index is 12.5. The Morgan fingerprint density at radius 2 is 1.89 bits per heavy atom. The molecule has 1 heterocycles. The van der Waals surface area contributed by atoms with Crippen LogP contribution >= 0.6 is 15.9 Å². The normalized spacial score (nSPS) is 15.0. The first-order valence-electron chi connectivity index (χ1n) is 11.3. The average Bonchev–Trinajstić information content (AvgIpc) is 2.88. The summed E-state index contributed by atoms with van der Waals surface area (Å²) in [4.78, 5) is 36.9. The van der Waals surface area contributed by atoms with Gasteiger partial charge in [0, 0.05) is 15.7 Å². The number of nitrogens with one attached hydrogen (secondary N) is 3. The number of phenols is 1. The van der Waals surface area contributed by atoms with Gasteiger partial charge in [0.25, 0.3) is 5.91 Å². The van der Waals surface area contributed by atoms with Crippen LogP contribution < -0.4 is 30.3 Å². The van der Waals surface area contributed by atoms with Crippen molar-refractivity contribution in [1.82, 2.24) is 16.1 Å². The molecule has 0 saturated heterocycles. The number of allylic oxidation sites excluding steroid dienone is 1. The van der Waals surface area contributed by atoms with E-state index in [1.807, 2.05) is 0 Å². The Morgan fingerprint density at radius 1 is 1.16 bits per heavy atom. The number of carbonyl (C=O) groups excluding carboxylic acids is 3. The fourth-order valence-corrected chi connectivity index (χ4v) is 4.06. The first-order valence-corrected chi connectivity index (χ1v) is 12.1. The van der Waals surface area contributed by atoms with Gasteiger partial charge in [0.1, 0.15) is 0 Å². The molecule has 202 valence electrons. The number of phenolic OH excluding ortho intramolecular Hbond substituents is 1. The smallest absolute Gasteiger partial charge is 0.338 e. The number of amides is 3. The van der Waals surface area contributed by atoms with Crippen LogP contribution in [-0.4, -0.2) is 56.7 Å². The maximum Gasteiger partial charge on any atom is 0.338 e. The number of benzene rings is 2.